The molecule has 0 spiro atoms. The van der Waals surface area contributed by atoms with E-state index in [4.69, 9.17) is 0 Å². The first-order valence-corrected chi connectivity index (χ1v) is 12.5. The average Bonchev–Trinajstić information content (AvgIpc) is 3.13. The van der Waals surface area contributed by atoms with E-state index in [-0.39, 0.29) is 24.8 Å². The zero-order valence-electron chi connectivity index (χ0n) is 22.1. The third kappa shape index (κ3) is 6.78. The van der Waals surface area contributed by atoms with Crippen molar-refractivity contribution in [3.05, 3.63) is 0 Å². The average molecular weight is 567 g/mol. The number of carbonyl (C=O) groups is 4. The topological polar surface area (TPSA) is 108 Å². The molecule has 3 N–H and O–H groups in total. The van der Waals surface area contributed by atoms with Gasteiger partial charge in [-0.2, -0.15) is 26.3 Å². The number of carbonyl (C=O) groups excluding carboxylic acids is 4. The van der Waals surface area contributed by atoms with Crippen molar-refractivity contribution >= 4 is 23.6 Å². The van der Waals surface area contributed by atoms with E-state index in [2.05, 4.69) is 10.6 Å². The summed E-state index contributed by atoms with van der Waals surface area (Å²) in [5, 5.41) is 6.75. The van der Waals surface area contributed by atoms with Crippen LogP contribution in [0, 0.1) is 40.4 Å². The SMILES string of the molecule is CC(C)(C)[C@H](NC(=O)C(F)(F)F)C(=O)N1C[C@H]2[C@@H]([C@H]1C(=O)N[C@H](C#CC(F)(F)F)C[C@@H]1CCNC1=O)C2(C)C. The van der Waals surface area contributed by atoms with E-state index in [0.717, 1.165) is 10.8 Å². The van der Waals surface area contributed by atoms with Gasteiger partial charge in [-0.05, 0) is 35.5 Å². The second-order valence-corrected chi connectivity index (χ2v) is 12.0. The smallest absolute Gasteiger partial charge is 0.356 e. The van der Waals surface area contributed by atoms with Crippen LogP contribution in [0.15, 0.2) is 0 Å². The van der Waals surface area contributed by atoms with E-state index in [1.54, 1.807) is 5.32 Å². The molecule has 2 saturated heterocycles. The van der Waals surface area contributed by atoms with Gasteiger partial charge in [0, 0.05) is 24.9 Å². The van der Waals surface area contributed by atoms with Crippen LogP contribution in [0.3, 0.4) is 0 Å². The monoisotopic (exact) mass is 566 g/mol. The van der Waals surface area contributed by atoms with Crippen LogP contribution in [-0.4, -0.2) is 72.1 Å². The summed E-state index contributed by atoms with van der Waals surface area (Å²) in [6, 6.07) is -4.21. The second kappa shape index (κ2) is 10.2. The highest BCUT2D eigenvalue weighted by molar-refractivity contribution is 5.95. The molecule has 1 aliphatic carbocycles. The number of fused-ring (bicyclic) bond motifs is 1. The van der Waals surface area contributed by atoms with Crippen molar-refractivity contribution in [2.24, 2.45) is 28.6 Å². The Hall–Kier alpha value is -2.98. The van der Waals surface area contributed by atoms with Gasteiger partial charge in [0.05, 0.1) is 6.04 Å². The lowest BCUT2D eigenvalue weighted by Crippen LogP contribution is -2.61. The third-order valence-electron chi connectivity index (χ3n) is 7.79. The second-order valence-electron chi connectivity index (χ2n) is 12.0. The Morgan fingerprint density at radius 1 is 1.10 bits per heavy atom. The molecule has 14 heteroatoms. The fourth-order valence-corrected chi connectivity index (χ4v) is 5.58. The number of amides is 4. The maximum absolute atomic E-state index is 13.5. The van der Waals surface area contributed by atoms with Crippen LogP contribution in [0.1, 0.15) is 47.5 Å². The van der Waals surface area contributed by atoms with Crippen LogP contribution in [0.2, 0.25) is 0 Å². The normalized spacial score (nSPS) is 27.5. The quantitative estimate of drug-likeness (QED) is 0.338. The van der Waals surface area contributed by atoms with Gasteiger partial charge in [-0.15, -0.1) is 0 Å². The summed E-state index contributed by atoms with van der Waals surface area (Å²) in [7, 11) is 0. The predicted molar refractivity (Wildman–Crippen MR) is 125 cm³/mol. The molecule has 39 heavy (non-hydrogen) atoms. The molecule has 3 rings (SSSR count). The third-order valence-corrected chi connectivity index (χ3v) is 7.79. The first-order valence-electron chi connectivity index (χ1n) is 12.5. The molecule has 8 nitrogen and oxygen atoms in total. The fraction of sp³-hybridized carbons (Fsp3) is 0.760. The zero-order chi connectivity index (χ0) is 29.7. The molecule has 2 aliphatic heterocycles. The molecule has 6 atom stereocenters. The van der Waals surface area contributed by atoms with Crippen LogP contribution in [0.4, 0.5) is 26.3 Å². The molecule has 0 unspecified atom stereocenters. The summed E-state index contributed by atoms with van der Waals surface area (Å²) in [6.07, 6.45) is -9.94. The molecule has 4 amide bonds. The number of halogens is 6. The van der Waals surface area contributed by atoms with Crippen molar-refractivity contribution in [1.29, 1.82) is 0 Å². The van der Waals surface area contributed by atoms with Crippen molar-refractivity contribution in [2.75, 3.05) is 13.1 Å². The summed E-state index contributed by atoms with van der Waals surface area (Å²) in [5.41, 5.74) is -1.58. The fourth-order valence-electron chi connectivity index (χ4n) is 5.58. The number of likely N-dealkylation sites (tertiary alicyclic amines) is 1. The molecule has 0 bridgehead atoms. The molecule has 3 aliphatic rings. The lowest BCUT2D eigenvalue weighted by Gasteiger charge is -2.38. The molecule has 0 aromatic heterocycles. The van der Waals surface area contributed by atoms with Crippen LogP contribution < -0.4 is 16.0 Å². The highest BCUT2D eigenvalue weighted by atomic mass is 19.4. The van der Waals surface area contributed by atoms with Gasteiger partial charge in [-0.3, -0.25) is 19.2 Å². The van der Waals surface area contributed by atoms with Crippen LogP contribution in [0.5, 0.6) is 0 Å². The van der Waals surface area contributed by atoms with Crippen LogP contribution >= 0.6 is 0 Å². The minimum Gasteiger partial charge on any atom is -0.356 e. The minimum atomic E-state index is -5.24. The number of piperidine rings is 1. The lowest BCUT2D eigenvalue weighted by molar-refractivity contribution is -0.176. The molecule has 2 heterocycles. The number of hydrogen-bond acceptors (Lipinski definition) is 4. The Labute approximate surface area is 222 Å². The molecular weight excluding hydrogens is 534 g/mol. The Kier molecular flexibility index (Phi) is 8.00. The van der Waals surface area contributed by atoms with Gasteiger partial charge in [-0.25, -0.2) is 0 Å². The summed E-state index contributed by atoms with van der Waals surface area (Å²) in [6.45, 7) is 8.42. The highest BCUT2D eigenvalue weighted by Gasteiger charge is 2.70. The van der Waals surface area contributed by atoms with Gasteiger partial charge in [0.15, 0.2) is 0 Å². The Morgan fingerprint density at radius 2 is 1.72 bits per heavy atom. The van der Waals surface area contributed by atoms with Crippen molar-refractivity contribution in [3.8, 4) is 11.8 Å². The van der Waals surface area contributed by atoms with E-state index < -0.39 is 70.9 Å². The number of alkyl halides is 6. The Morgan fingerprint density at radius 3 is 2.21 bits per heavy atom. The van der Waals surface area contributed by atoms with E-state index in [0.29, 0.717) is 13.0 Å². The first kappa shape index (κ1) is 30.6. The van der Waals surface area contributed by atoms with E-state index in [9.17, 15) is 45.5 Å². The van der Waals surface area contributed by atoms with Crippen molar-refractivity contribution in [3.63, 3.8) is 0 Å². The molecule has 1 saturated carbocycles. The zero-order valence-corrected chi connectivity index (χ0v) is 22.1. The van der Waals surface area contributed by atoms with Gasteiger partial charge in [0.25, 0.3) is 0 Å². The number of nitrogens with one attached hydrogen (secondary N) is 3. The van der Waals surface area contributed by atoms with Crippen molar-refractivity contribution in [1.82, 2.24) is 20.9 Å². The predicted octanol–water partition coefficient (Wildman–Crippen LogP) is 2.14. The Balaban J connectivity index is 1.88. The molecule has 0 aromatic carbocycles. The highest BCUT2D eigenvalue weighted by Crippen LogP contribution is 2.65. The van der Waals surface area contributed by atoms with Gasteiger partial charge in [0.2, 0.25) is 17.7 Å². The molecule has 3 fully saturated rings. The van der Waals surface area contributed by atoms with E-state index in [1.807, 2.05) is 19.8 Å². The van der Waals surface area contributed by atoms with Gasteiger partial charge < -0.3 is 20.9 Å². The molecule has 0 aromatic rings. The summed E-state index contributed by atoms with van der Waals surface area (Å²) in [5.74, 6) is -2.59. The first-order chi connectivity index (χ1) is 17.6. The van der Waals surface area contributed by atoms with Crippen molar-refractivity contribution in [2.45, 2.75) is 77.9 Å². The molecular formula is C25H32F6N4O4. The summed E-state index contributed by atoms with van der Waals surface area (Å²) in [4.78, 5) is 51.8. The molecule has 0 radical (unpaired) electrons. The maximum atomic E-state index is 13.5. The largest absolute Gasteiger partial charge is 0.471 e. The number of hydrogen-bond donors (Lipinski definition) is 3. The number of nitrogens with zero attached hydrogens (tertiary/aromatic N) is 1. The standard InChI is InChI=1S/C25H32F6N4O4/c1-22(2,3)17(34-21(39)25(29,30)31)20(38)35-11-14-15(23(14,4)5)16(35)19(37)33-13(6-8-24(26,27)28)10-12-7-9-32-18(12)36/h12-17H,7,9-11H2,1-5H3,(H,32,36)(H,33,37)(H,34,39)/t12-,13+,14-,15-,16-,17+/m0/s1. The van der Waals surface area contributed by atoms with Crippen LogP contribution in [0.25, 0.3) is 0 Å². The summed E-state index contributed by atoms with van der Waals surface area (Å²) < 4.78 is 77.5. The van der Waals surface area contributed by atoms with E-state index in [1.165, 1.54) is 20.8 Å². The summed E-state index contributed by atoms with van der Waals surface area (Å²) >= 11 is 0. The number of rotatable bonds is 6. The Bertz CT molecular complexity index is 1090. The molecule has 218 valence electrons. The van der Waals surface area contributed by atoms with Gasteiger partial charge in [0.1, 0.15) is 12.1 Å². The lowest BCUT2D eigenvalue weighted by atomic mass is 9.85. The minimum absolute atomic E-state index is 0.0208. The van der Waals surface area contributed by atoms with Gasteiger partial charge >= 0.3 is 18.3 Å². The van der Waals surface area contributed by atoms with Crippen LogP contribution in [-0.2, 0) is 19.2 Å². The maximum Gasteiger partial charge on any atom is 0.471 e. The van der Waals surface area contributed by atoms with Gasteiger partial charge in [-0.1, -0.05) is 40.5 Å². The van der Waals surface area contributed by atoms with E-state index >= 15 is 0 Å². The van der Waals surface area contributed by atoms with Crippen molar-refractivity contribution < 1.29 is 45.5 Å².